The number of halogens is 2. The molecule has 1 aromatic carbocycles. The van der Waals surface area contributed by atoms with Gasteiger partial charge in [0.15, 0.2) is 11.6 Å². The average Bonchev–Trinajstić information content (AvgIpc) is 2.46. The van der Waals surface area contributed by atoms with Gasteiger partial charge in [-0.3, -0.25) is 0 Å². The summed E-state index contributed by atoms with van der Waals surface area (Å²) in [6.45, 7) is 6.09. The molecular formula is C17H23F2NO. The normalized spacial score (nSPS) is 27.7. The molecule has 1 saturated carbocycles. The molecule has 1 atom stereocenters. The topological polar surface area (TPSA) is 21.3 Å². The second kappa shape index (κ2) is 5.33. The zero-order valence-corrected chi connectivity index (χ0v) is 12.7. The summed E-state index contributed by atoms with van der Waals surface area (Å²) in [4.78, 5) is 0. The molecule has 1 heterocycles. The van der Waals surface area contributed by atoms with E-state index in [9.17, 15) is 8.78 Å². The summed E-state index contributed by atoms with van der Waals surface area (Å²) in [6, 6.07) is 4.06. The van der Waals surface area contributed by atoms with E-state index in [0.717, 1.165) is 32.2 Å². The van der Waals surface area contributed by atoms with E-state index in [-0.39, 0.29) is 11.7 Å². The van der Waals surface area contributed by atoms with Gasteiger partial charge in [0.1, 0.15) is 0 Å². The Morgan fingerprint density at radius 1 is 1.10 bits per heavy atom. The van der Waals surface area contributed by atoms with Crippen molar-refractivity contribution >= 4 is 0 Å². The van der Waals surface area contributed by atoms with Crippen molar-refractivity contribution in [3.05, 3.63) is 35.4 Å². The van der Waals surface area contributed by atoms with Gasteiger partial charge in [0, 0.05) is 13.1 Å². The molecule has 2 fully saturated rings. The van der Waals surface area contributed by atoms with Gasteiger partial charge in [0.2, 0.25) is 0 Å². The number of morpholine rings is 1. The van der Waals surface area contributed by atoms with Crippen LogP contribution < -0.4 is 5.32 Å². The zero-order valence-electron chi connectivity index (χ0n) is 12.7. The maximum Gasteiger partial charge on any atom is 0.159 e. The van der Waals surface area contributed by atoms with Gasteiger partial charge in [0.25, 0.3) is 0 Å². The third-order valence-electron chi connectivity index (χ3n) is 5.00. The third kappa shape index (κ3) is 3.11. The van der Waals surface area contributed by atoms with Crippen molar-refractivity contribution in [3.63, 3.8) is 0 Å². The summed E-state index contributed by atoms with van der Waals surface area (Å²) in [5, 5.41) is 3.41. The quantitative estimate of drug-likeness (QED) is 0.846. The predicted octanol–water partition coefficient (Wildman–Crippen LogP) is 3.96. The van der Waals surface area contributed by atoms with Crippen molar-refractivity contribution in [3.8, 4) is 0 Å². The molecular weight excluding hydrogens is 272 g/mol. The van der Waals surface area contributed by atoms with Crippen molar-refractivity contribution in [1.29, 1.82) is 0 Å². The van der Waals surface area contributed by atoms with Crippen LogP contribution in [0.1, 0.15) is 51.2 Å². The van der Waals surface area contributed by atoms with Gasteiger partial charge in [-0.05, 0) is 48.8 Å². The molecule has 1 N–H and O–H groups in total. The van der Waals surface area contributed by atoms with E-state index in [1.807, 2.05) is 0 Å². The van der Waals surface area contributed by atoms with Crippen molar-refractivity contribution in [2.75, 3.05) is 13.1 Å². The summed E-state index contributed by atoms with van der Waals surface area (Å²) < 4.78 is 32.8. The predicted molar refractivity (Wildman–Crippen MR) is 78.0 cm³/mol. The SMILES string of the molecule is CC1(C)CCC2(CC1)CNCC(c1ccc(F)c(F)c1)O2. The van der Waals surface area contributed by atoms with Gasteiger partial charge in [-0.15, -0.1) is 0 Å². The van der Waals surface area contributed by atoms with Crippen LogP contribution in [0.25, 0.3) is 0 Å². The lowest BCUT2D eigenvalue weighted by atomic mass is 9.70. The Balaban J connectivity index is 1.75. The molecule has 0 amide bonds. The van der Waals surface area contributed by atoms with E-state index in [1.54, 1.807) is 6.07 Å². The largest absolute Gasteiger partial charge is 0.364 e. The first-order valence-corrected chi connectivity index (χ1v) is 7.73. The lowest BCUT2D eigenvalue weighted by Gasteiger charge is -2.48. The molecule has 2 aliphatic rings. The van der Waals surface area contributed by atoms with Gasteiger partial charge < -0.3 is 10.1 Å². The number of ether oxygens (including phenoxy) is 1. The lowest BCUT2D eigenvalue weighted by molar-refractivity contribution is -0.147. The molecule has 1 spiro atoms. The van der Waals surface area contributed by atoms with Crippen LogP contribution in [-0.4, -0.2) is 18.7 Å². The minimum atomic E-state index is -0.809. The van der Waals surface area contributed by atoms with E-state index in [0.29, 0.717) is 17.5 Å². The van der Waals surface area contributed by atoms with Crippen LogP contribution in [0.5, 0.6) is 0 Å². The van der Waals surface area contributed by atoms with Crippen LogP contribution in [0, 0.1) is 17.0 Å². The van der Waals surface area contributed by atoms with E-state index in [2.05, 4.69) is 19.2 Å². The van der Waals surface area contributed by atoms with Crippen LogP contribution in [0.15, 0.2) is 18.2 Å². The Morgan fingerprint density at radius 2 is 1.81 bits per heavy atom. The Kier molecular flexibility index (Phi) is 3.78. The fraction of sp³-hybridized carbons (Fsp3) is 0.647. The standard InChI is InChI=1S/C17H23F2NO/c1-16(2)5-7-17(8-6-16)11-20-10-15(21-17)12-3-4-13(18)14(19)9-12/h3-4,9,15,20H,5-8,10-11H2,1-2H3. The molecule has 1 saturated heterocycles. The minimum absolute atomic E-state index is 0.150. The summed E-state index contributed by atoms with van der Waals surface area (Å²) in [5.41, 5.74) is 0.942. The van der Waals surface area contributed by atoms with Gasteiger partial charge in [0.05, 0.1) is 11.7 Å². The maximum atomic E-state index is 13.4. The highest BCUT2D eigenvalue weighted by atomic mass is 19.2. The number of nitrogens with one attached hydrogen (secondary N) is 1. The third-order valence-corrected chi connectivity index (χ3v) is 5.00. The second-order valence-electron chi connectivity index (χ2n) is 7.26. The van der Waals surface area contributed by atoms with E-state index >= 15 is 0 Å². The van der Waals surface area contributed by atoms with Crippen LogP contribution >= 0.6 is 0 Å². The lowest BCUT2D eigenvalue weighted by Crippen LogP contribution is -2.53. The van der Waals surface area contributed by atoms with Crippen LogP contribution in [0.3, 0.4) is 0 Å². The highest BCUT2D eigenvalue weighted by Crippen LogP contribution is 2.44. The molecule has 3 rings (SSSR count). The first-order chi connectivity index (χ1) is 9.89. The number of benzene rings is 1. The first kappa shape index (κ1) is 14.9. The van der Waals surface area contributed by atoms with Crippen molar-refractivity contribution in [2.24, 2.45) is 5.41 Å². The molecule has 21 heavy (non-hydrogen) atoms. The smallest absolute Gasteiger partial charge is 0.159 e. The molecule has 4 heteroatoms. The van der Waals surface area contributed by atoms with E-state index in [1.165, 1.54) is 12.1 Å². The Labute approximate surface area is 124 Å². The van der Waals surface area contributed by atoms with Crippen molar-refractivity contribution in [1.82, 2.24) is 5.32 Å². The molecule has 1 unspecified atom stereocenters. The summed E-state index contributed by atoms with van der Waals surface area (Å²) >= 11 is 0. The summed E-state index contributed by atoms with van der Waals surface area (Å²) in [5.74, 6) is -1.61. The Morgan fingerprint density at radius 3 is 2.48 bits per heavy atom. The Bertz CT molecular complexity index is 520. The fourth-order valence-electron chi connectivity index (χ4n) is 3.39. The van der Waals surface area contributed by atoms with Crippen molar-refractivity contribution < 1.29 is 13.5 Å². The number of hydrogen-bond donors (Lipinski definition) is 1. The summed E-state index contributed by atoms with van der Waals surface area (Å²) in [7, 11) is 0. The van der Waals surface area contributed by atoms with E-state index < -0.39 is 11.6 Å². The minimum Gasteiger partial charge on any atom is -0.364 e. The highest BCUT2D eigenvalue weighted by Gasteiger charge is 2.42. The van der Waals surface area contributed by atoms with Crippen LogP contribution in [0.2, 0.25) is 0 Å². The molecule has 2 nitrogen and oxygen atoms in total. The van der Waals surface area contributed by atoms with Gasteiger partial charge in [-0.25, -0.2) is 8.78 Å². The molecule has 1 aromatic rings. The molecule has 0 bridgehead atoms. The fourth-order valence-corrected chi connectivity index (χ4v) is 3.39. The Hall–Kier alpha value is -1.00. The molecule has 116 valence electrons. The molecule has 0 aromatic heterocycles. The molecule has 1 aliphatic carbocycles. The van der Waals surface area contributed by atoms with Crippen LogP contribution in [-0.2, 0) is 4.74 Å². The zero-order chi connectivity index (χ0) is 15.1. The number of hydrogen-bond acceptors (Lipinski definition) is 2. The van der Waals surface area contributed by atoms with Gasteiger partial charge in [-0.1, -0.05) is 19.9 Å². The maximum absolute atomic E-state index is 13.4. The van der Waals surface area contributed by atoms with E-state index in [4.69, 9.17) is 4.74 Å². The van der Waals surface area contributed by atoms with Gasteiger partial charge in [-0.2, -0.15) is 0 Å². The first-order valence-electron chi connectivity index (χ1n) is 7.73. The highest BCUT2D eigenvalue weighted by molar-refractivity contribution is 5.21. The van der Waals surface area contributed by atoms with Gasteiger partial charge >= 0.3 is 0 Å². The van der Waals surface area contributed by atoms with Crippen LogP contribution in [0.4, 0.5) is 8.78 Å². The molecule has 0 radical (unpaired) electrons. The molecule has 1 aliphatic heterocycles. The average molecular weight is 295 g/mol. The second-order valence-corrected chi connectivity index (χ2v) is 7.26. The summed E-state index contributed by atoms with van der Waals surface area (Å²) in [6.07, 6.45) is 4.12. The van der Waals surface area contributed by atoms with Crippen molar-refractivity contribution in [2.45, 2.75) is 51.2 Å². The monoisotopic (exact) mass is 295 g/mol. The number of rotatable bonds is 1.